The molecule has 1 atom stereocenters. The topological polar surface area (TPSA) is 38.7 Å². The maximum Gasteiger partial charge on any atom is 0.120 e. The second kappa shape index (κ2) is 5.14. The van der Waals surface area contributed by atoms with Crippen molar-refractivity contribution >= 4 is 0 Å². The average molecular weight is 262 g/mol. The van der Waals surface area contributed by atoms with E-state index in [1.54, 1.807) is 7.11 Å². The SMILES string of the molecule is COC1(C(O)c2cccc(OC3CC3)c2)CCCC1. The Morgan fingerprint density at radius 1 is 1.26 bits per heavy atom. The van der Waals surface area contributed by atoms with Crippen LogP contribution in [0.1, 0.15) is 50.2 Å². The number of rotatable bonds is 5. The van der Waals surface area contributed by atoms with Crippen LogP contribution in [-0.2, 0) is 4.74 Å². The van der Waals surface area contributed by atoms with E-state index in [1.807, 2.05) is 24.3 Å². The number of methoxy groups -OCH3 is 1. The highest BCUT2D eigenvalue weighted by atomic mass is 16.5. The van der Waals surface area contributed by atoms with Crippen LogP contribution in [0.4, 0.5) is 0 Å². The first-order valence-electron chi connectivity index (χ1n) is 7.23. The Morgan fingerprint density at radius 3 is 2.63 bits per heavy atom. The van der Waals surface area contributed by atoms with E-state index < -0.39 is 11.7 Å². The minimum atomic E-state index is -0.567. The molecule has 0 bridgehead atoms. The Hall–Kier alpha value is -1.06. The molecular formula is C16H22O3. The van der Waals surface area contributed by atoms with Crippen molar-refractivity contribution < 1.29 is 14.6 Å². The molecule has 3 nitrogen and oxygen atoms in total. The van der Waals surface area contributed by atoms with Crippen LogP contribution in [0.25, 0.3) is 0 Å². The summed E-state index contributed by atoms with van der Waals surface area (Å²) < 4.78 is 11.5. The van der Waals surface area contributed by atoms with E-state index in [0.29, 0.717) is 6.10 Å². The summed E-state index contributed by atoms with van der Waals surface area (Å²) in [7, 11) is 1.71. The van der Waals surface area contributed by atoms with Gasteiger partial charge < -0.3 is 14.6 Å². The maximum absolute atomic E-state index is 10.7. The Labute approximate surface area is 114 Å². The molecule has 0 heterocycles. The molecule has 0 aliphatic heterocycles. The zero-order valence-corrected chi connectivity index (χ0v) is 11.5. The fourth-order valence-corrected chi connectivity index (χ4v) is 3.00. The molecule has 3 rings (SSSR count). The minimum Gasteiger partial charge on any atom is -0.490 e. The summed E-state index contributed by atoms with van der Waals surface area (Å²) in [5, 5.41) is 10.7. The Morgan fingerprint density at radius 2 is 2.00 bits per heavy atom. The van der Waals surface area contributed by atoms with Crippen LogP contribution in [0, 0.1) is 0 Å². The molecule has 2 aliphatic rings. The molecule has 0 saturated heterocycles. The predicted octanol–water partition coefficient (Wildman–Crippen LogP) is 3.22. The molecule has 1 aromatic carbocycles. The van der Waals surface area contributed by atoms with Crippen molar-refractivity contribution in [2.45, 2.75) is 56.3 Å². The Kier molecular flexibility index (Phi) is 3.50. The first-order valence-corrected chi connectivity index (χ1v) is 7.23. The first-order chi connectivity index (χ1) is 9.23. The summed E-state index contributed by atoms with van der Waals surface area (Å²) in [5.74, 6) is 0.864. The molecule has 19 heavy (non-hydrogen) atoms. The van der Waals surface area contributed by atoms with E-state index >= 15 is 0 Å². The van der Waals surface area contributed by atoms with Crippen LogP contribution in [0.15, 0.2) is 24.3 Å². The van der Waals surface area contributed by atoms with Crippen molar-refractivity contribution in [2.24, 2.45) is 0 Å². The van der Waals surface area contributed by atoms with Crippen molar-refractivity contribution in [3.8, 4) is 5.75 Å². The normalized spacial score (nSPS) is 23.3. The van der Waals surface area contributed by atoms with Crippen LogP contribution in [0.2, 0.25) is 0 Å². The van der Waals surface area contributed by atoms with E-state index in [4.69, 9.17) is 9.47 Å². The summed E-state index contributed by atoms with van der Waals surface area (Å²) >= 11 is 0. The summed E-state index contributed by atoms with van der Waals surface area (Å²) in [5.41, 5.74) is 0.500. The maximum atomic E-state index is 10.7. The second-order valence-corrected chi connectivity index (χ2v) is 5.77. The monoisotopic (exact) mass is 262 g/mol. The van der Waals surface area contributed by atoms with Gasteiger partial charge in [-0.1, -0.05) is 25.0 Å². The van der Waals surface area contributed by atoms with Gasteiger partial charge in [0.15, 0.2) is 0 Å². The Bertz CT molecular complexity index is 433. The van der Waals surface area contributed by atoms with Crippen LogP contribution in [0.5, 0.6) is 5.75 Å². The number of aliphatic hydroxyl groups excluding tert-OH is 1. The molecule has 1 N–H and O–H groups in total. The van der Waals surface area contributed by atoms with Gasteiger partial charge >= 0.3 is 0 Å². The van der Waals surface area contributed by atoms with Crippen LogP contribution >= 0.6 is 0 Å². The van der Waals surface area contributed by atoms with Gasteiger partial charge in [-0.05, 0) is 43.4 Å². The third-order valence-corrected chi connectivity index (χ3v) is 4.36. The number of hydrogen-bond donors (Lipinski definition) is 1. The molecule has 0 spiro atoms. The lowest BCUT2D eigenvalue weighted by molar-refractivity contribution is -0.100. The molecule has 2 aliphatic carbocycles. The second-order valence-electron chi connectivity index (χ2n) is 5.77. The van der Waals surface area contributed by atoms with E-state index in [2.05, 4.69) is 0 Å². The molecular weight excluding hydrogens is 240 g/mol. The average Bonchev–Trinajstić information content (AvgIpc) is 3.12. The molecule has 1 aromatic rings. The van der Waals surface area contributed by atoms with Gasteiger partial charge in [-0.15, -0.1) is 0 Å². The van der Waals surface area contributed by atoms with Crippen molar-refractivity contribution in [1.29, 1.82) is 0 Å². The predicted molar refractivity (Wildman–Crippen MR) is 73.3 cm³/mol. The largest absolute Gasteiger partial charge is 0.490 e. The quantitative estimate of drug-likeness (QED) is 0.885. The summed E-state index contributed by atoms with van der Waals surface area (Å²) in [6.45, 7) is 0. The molecule has 2 saturated carbocycles. The minimum absolute atomic E-state index is 0.384. The summed E-state index contributed by atoms with van der Waals surface area (Å²) in [6, 6.07) is 7.84. The standard InChI is InChI=1S/C16H22O3/c1-18-16(9-2-3-10-16)15(17)12-5-4-6-14(11-12)19-13-7-8-13/h4-6,11,13,15,17H,2-3,7-10H2,1H3. The van der Waals surface area contributed by atoms with Gasteiger partial charge in [0, 0.05) is 7.11 Å². The van der Waals surface area contributed by atoms with Gasteiger partial charge in [0.2, 0.25) is 0 Å². The smallest absolute Gasteiger partial charge is 0.120 e. The lowest BCUT2D eigenvalue weighted by Crippen LogP contribution is -2.35. The van der Waals surface area contributed by atoms with Crippen LogP contribution < -0.4 is 4.74 Å². The van der Waals surface area contributed by atoms with Crippen molar-refractivity contribution in [1.82, 2.24) is 0 Å². The lowest BCUT2D eigenvalue weighted by atomic mass is 9.89. The van der Waals surface area contributed by atoms with E-state index in [0.717, 1.165) is 49.8 Å². The molecule has 104 valence electrons. The van der Waals surface area contributed by atoms with Gasteiger partial charge in [-0.2, -0.15) is 0 Å². The summed E-state index contributed by atoms with van der Waals surface area (Å²) in [6.07, 6.45) is 6.23. The van der Waals surface area contributed by atoms with Crippen molar-refractivity contribution in [3.63, 3.8) is 0 Å². The molecule has 2 fully saturated rings. The zero-order valence-electron chi connectivity index (χ0n) is 11.5. The number of aliphatic hydroxyl groups is 1. The van der Waals surface area contributed by atoms with Gasteiger partial charge in [-0.25, -0.2) is 0 Å². The number of ether oxygens (including phenoxy) is 2. The van der Waals surface area contributed by atoms with Crippen molar-refractivity contribution in [2.75, 3.05) is 7.11 Å². The molecule has 0 amide bonds. The van der Waals surface area contributed by atoms with Gasteiger partial charge in [0.1, 0.15) is 11.9 Å². The van der Waals surface area contributed by atoms with Crippen LogP contribution in [0.3, 0.4) is 0 Å². The summed E-state index contributed by atoms with van der Waals surface area (Å²) in [4.78, 5) is 0. The van der Waals surface area contributed by atoms with Crippen LogP contribution in [-0.4, -0.2) is 23.9 Å². The van der Waals surface area contributed by atoms with E-state index in [1.165, 1.54) is 0 Å². The first kappa shape index (κ1) is 12.9. The van der Waals surface area contributed by atoms with Gasteiger partial charge in [0.05, 0.1) is 11.7 Å². The zero-order chi connectivity index (χ0) is 13.3. The van der Waals surface area contributed by atoms with E-state index in [-0.39, 0.29) is 0 Å². The van der Waals surface area contributed by atoms with E-state index in [9.17, 15) is 5.11 Å². The van der Waals surface area contributed by atoms with Gasteiger partial charge in [-0.3, -0.25) is 0 Å². The van der Waals surface area contributed by atoms with Crippen molar-refractivity contribution in [3.05, 3.63) is 29.8 Å². The fourth-order valence-electron chi connectivity index (χ4n) is 3.00. The van der Waals surface area contributed by atoms with Gasteiger partial charge in [0.25, 0.3) is 0 Å². The number of benzene rings is 1. The third kappa shape index (κ3) is 2.63. The highest BCUT2D eigenvalue weighted by Gasteiger charge is 2.41. The lowest BCUT2D eigenvalue weighted by Gasteiger charge is -2.33. The molecule has 1 unspecified atom stereocenters. The fraction of sp³-hybridized carbons (Fsp3) is 0.625. The molecule has 0 radical (unpaired) electrons. The Balaban J connectivity index is 1.79. The molecule has 0 aromatic heterocycles. The number of hydrogen-bond acceptors (Lipinski definition) is 3. The highest BCUT2D eigenvalue weighted by Crippen LogP contribution is 2.43. The highest BCUT2D eigenvalue weighted by molar-refractivity contribution is 5.32. The molecule has 3 heteroatoms. The third-order valence-electron chi connectivity index (χ3n) is 4.36.